The highest BCUT2D eigenvalue weighted by Crippen LogP contribution is 2.41. The van der Waals surface area contributed by atoms with E-state index in [0.717, 1.165) is 23.9 Å². The van der Waals surface area contributed by atoms with Gasteiger partial charge in [-0.2, -0.15) is 0 Å². The van der Waals surface area contributed by atoms with E-state index in [2.05, 4.69) is 48.6 Å². The molecule has 2 aromatic carbocycles. The van der Waals surface area contributed by atoms with Crippen LogP contribution in [0.3, 0.4) is 0 Å². The van der Waals surface area contributed by atoms with Gasteiger partial charge in [-0.1, -0.05) is 54.9 Å². The van der Waals surface area contributed by atoms with Crippen LogP contribution >= 0.6 is 11.6 Å². The Morgan fingerprint density at radius 1 is 1.14 bits per heavy atom. The topological polar surface area (TPSA) is 12.0 Å². The van der Waals surface area contributed by atoms with E-state index in [1.165, 1.54) is 29.5 Å². The van der Waals surface area contributed by atoms with Crippen LogP contribution in [0.25, 0.3) is 0 Å². The third-order valence-electron chi connectivity index (χ3n) is 4.27. The average molecular weight is 300 g/mol. The van der Waals surface area contributed by atoms with E-state index >= 15 is 0 Å². The zero-order valence-corrected chi connectivity index (χ0v) is 13.2. The molecule has 0 radical (unpaired) electrons. The van der Waals surface area contributed by atoms with E-state index in [9.17, 15) is 0 Å². The van der Waals surface area contributed by atoms with Crippen LogP contribution in [0, 0.1) is 0 Å². The third kappa shape index (κ3) is 3.66. The van der Waals surface area contributed by atoms with Crippen LogP contribution in [0.15, 0.2) is 48.5 Å². The Morgan fingerprint density at radius 3 is 2.67 bits per heavy atom. The molecule has 1 atom stereocenters. The molecule has 1 saturated carbocycles. The molecule has 0 bridgehead atoms. The summed E-state index contributed by atoms with van der Waals surface area (Å²) in [5.74, 6) is 0.800. The van der Waals surface area contributed by atoms with E-state index in [1.54, 1.807) is 0 Å². The van der Waals surface area contributed by atoms with E-state index < -0.39 is 0 Å². The van der Waals surface area contributed by atoms with Crippen molar-refractivity contribution in [1.29, 1.82) is 0 Å². The van der Waals surface area contributed by atoms with Crippen molar-refractivity contribution in [1.82, 2.24) is 5.32 Å². The molecule has 0 heterocycles. The third-order valence-corrected chi connectivity index (χ3v) is 4.51. The van der Waals surface area contributed by atoms with Gasteiger partial charge >= 0.3 is 0 Å². The monoisotopic (exact) mass is 299 g/mol. The second-order valence-corrected chi connectivity index (χ2v) is 6.31. The fraction of sp³-hybridized carbons (Fsp3) is 0.368. The van der Waals surface area contributed by atoms with Crippen molar-refractivity contribution in [2.24, 2.45) is 0 Å². The summed E-state index contributed by atoms with van der Waals surface area (Å²) in [6, 6.07) is 17.4. The van der Waals surface area contributed by atoms with Crippen molar-refractivity contribution in [3.8, 4) is 0 Å². The van der Waals surface area contributed by atoms with Gasteiger partial charge in [-0.05, 0) is 54.0 Å². The highest BCUT2D eigenvalue weighted by Gasteiger charge is 2.25. The van der Waals surface area contributed by atoms with Crippen molar-refractivity contribution in [3.05, 3.63) is 70.2 Å². The first-order chi connectivity index (χ1) is 10.3. The zero-order valence-electron chi connectivity index (χ0n) is 12.5. The summed E-state index contributed by atoms with van der Waals surface area (Å²) >= 11 is 6.11. The van der Waals surface area contributed by atoms with Crippen molar-refractivity contribution in [2.45, 2.75) is 44.7 Å². The molecule has 1 fully saturated rings. The van der Waals surface area contributed by atoms with Crippen LogP contribution in [0.2, 0.25) is 5.02 Å². The largest absolute Gasteiger partial charge is 0.306 e. The molecule has 3 rings (SSSR count). The minimum absolute atomic E-state index is 0.357. The number of benzene rings is 2. The molecule has 0 aromatic heterocycles. The van der Waals surface area contributed by atoms with Crippen molar-refractivity contribution < 1.29 is 0 Å². The molecular formula is C19H22ClN. The van der Waals surface area contributed by atoms with Gasteiger partial charge in [-0.15, -0.1) is 0 Å². The summed E-state index contributed by atoms with van der Waals surface area (Å²) in [6.45, 7) is 3.14. The smallest absolute Gasteiger partial charge is 0.0409 e. The molecule has 0 aliphatic heterocycles. The lowest BCUT2D eigenvalue weighted by Crippen LogP contribution is -2.20. The maximum absolute atomic E-state index is 6.11. The molecule has 0 saturated heterocycles. The fourth-order valence-electron chi connectivity index (χ4n) is 2.94. The van der Waals surface area contributed by atoms with Crippen molar-refractivity contribution >= 4 is 11.6 Å². The lowest BCUT2D eigenvalue weighted by molar-refractivity contribution is 0.517. The lowest BCUT2D eigenvalue weighted by Gasteiger charge is -2.19. The molecule has 2 aromatic rings. The molecule has 2 heteroatoms. The van der Waals surface area contributed by atoms with Crippen LogP contribution in [-0.2, 0) is 6.54 Å². The lowest BCUT2D eigenvalue weighted by atomic mass is 10.0. The van der Waals surface area contributed by atoms with Crippen LogP contribution in [0.5, 0.6) is 0 Å². The Bertz CT molecular complexity index is 604. The predicted octanol–water partition coefficient (Wildman–Crippen LogP) is 5.46. The molecular weight excluding hydrogens is 278 g/mol. The fourth-order valence-corrected chi connectivity index (χ4v) is 3.14. The first-order valence-corrected chi connectivity index (χ1v) is 8.22. The van der Waals surface area contributed by atoms with E-state index in [-0.39, 0.29) is 0 Å². The van der Waals surface area contributed by atoms with Crippen molar-refractivity contribution in [3.63, 3.8) is 0 Å². The summed E-state index contributed by atoms with van der Waals surface area (Å²) in [7, 11) is 0. The maximum atomic E-state index is 6.11. The number of hydrogen-bond donors (Lipinski definition) is 1. The maximum Gasteiger partial charge on any atom is 0.0409 e. The van der Waals surface area contributed by atoms with Crippen LogP contribution < -0.4 is 5.32 Å². The van der Waals surface area contributed by atoms with Crippen LogP contribution in [-0.4, -0.2) is 0 Å². The number of hydrogen-bond acceptors (Lipinski definition) is 1. The van der Waals surface area contributed by atoms with Gasteiger partial charge in [-0.3, -0.25) is 0 Å². The van der Waals surface area contributed by atoms with Gasteiger partial charge in [0, 0.05) is 17.6 Å². The number of halogens is 1. The summed E-state index contributed by atoms with van der Waals surface area (Å²) in [5, 5.41) is 4.50. The first-order valence-electron chi connectivity index (χ1n) is 7.84. The van der Waals surface area contributed by atoms with E-state index in [1.807, 2.05) is 12.1 Å². The highest BCUT2D eigenvalue weighted by molar-refractivity contribution is 6.30. The Morgan fingerprint density at radius 2 is 1.95 bits per heavy atom. The summed E-state index contributed by atoms with van der Waals surface area (Å²) in [5.41, 5.74) is 4.25. The second kappa shape index (κ2) is 6.64. The first kappa shape index (κ1) is 14.6. The predicted molar refractivity (Wildman–Crippen MR) is 89.7 cm³/mol. The summed E-state index contributed by atoms with van der Waals surface area (Å²) in [6.07, 6.45) is 3.76. The Labute approximate surface area is 132 Å². The van der Waals surface area contributed by atoms with Crippen LogP contribution in [0.4, 0.5) is 0 Å². The molecule has 110 valence electrons. The minimum Gasteiger partial charge on any atom is -0.306 e. The molecule has 1 unspecified atom stereocenters. The Balaban J connectivity index is 1.71. The highest BCUT2D eigenvalue weighted by atomic mass is 35.5. The zero-order chi connectivity index (χ0) is 14.7. The van der Waals surface area contributed by atoms with Gasteiger partial charge in [0.2, 0.25) is 0 Å². The van der Waals surface area contributed by atoms with Gasteiger partial charge in [0.1, 0.15) is 0 Å². The molecule has 1 nitrogen and oxygen atoms in total. The average Bonchev–Trinajstić information content (AvgIpc) is 3.33. The minimum atomic E-state index is 0.357. The Kier molecular flexibility index (Phi) is 4.62. The van der Waals surface area contributed by atoms with E-state index in [4.69, 9.17) is 11.6 Å². The van der Waals surface area contributed by atoms with Crippen molar-refractivity contribution in [2.75, 3.05) is 0 Å². The summed E-state index contributed by atoms with van der Waals surface area (Å²) < 4.78 is 0. The molecule has 21 heavy (non-hydrogen) atoms. The van der Waals surface area contributed by atoms with Gasteiger partial charge < -0.3 is 5.32 Å². The molecule has 0 amide bonds. The quantitative estimate of drug-likeness (QED) is 0.747. The number of rotatable bonds is 6. The van der Waals surface area contributed by atoms with Crippen LogP contribution in [0.1, 0.15) is 54.8 Å². The second-order valence-electron chi connectivity index (χ2n) is 5.87. The SMILES string of the molecule is CCC(NCc1ccccc1C1CC1)c1cccc(Cl)c1. The normalized spacial score (nSPS) is 15.9. The molecule has 1 aliphatic carbocycles. The summed E-state index contributed by atoms with van der Waals surface area (Å²) in [4.78, 5) is 0. The van der Waals surface area contributed by atoms with Gasteiger partial charge in [0.15, 0.2) is 0 Å². The van der Waals surface area contributed by atoms with Gasteiger partial charge in [0.05, 0.1) is 0 Å². The number of nitrogens with one attached hydrogen (secondary N) is 1. The molecule has 0 spiro atoms. The molecule has 1 aliphatic rings. The molecule has 1 N–H and O–H groups in total. The standard InChI is InChI=1S/C19H22ClN/c1-2-19(15-7-5-8-17(20)12-15)21-13-16-6-3-4-9-18(16)14-10-11-14/h3-9,12,14,19,21H,2,10-11,13H2,1H3. The Hall–Kier alpha value is -1.31. The van der Waals surface area contributed by atoms with E-state index in [0.29, 0.717) is 6.04 Å². The van der Waals surface area contributed by atoms with Gasteiger partial charge in [-0.25, -0.2) is 0 Å². The van der Waals surface area contributed by atoms with Gasteiger partial charge in [0.25, 0.3) is 0 Å².